The second-order valence-corrected chi connectivity index (χ2v) is 3.36. The minimum absolute atomic E-state index is 0.388. The van der Waals surface area contributed by atoms with Gasteiger partial charge in [-0.05, 0) is 18.9 Å². The molecule has 0 heterocycles. The molecule has 5 heteroatoms. The Morgan fingerprint density at radius 1 is 1.53 bits per heavy atom. The molecule has 15 heavy (non-hydrogen) atoms. The largest absolute Gasteiger partial charge is 0.466 e. The third-order valence-electron chi connectivity index (χ3n) is 2.20. The number of hydrogen-bond acceptors (Lipinski definition) is 5. The van der Waals surface area contributed by atoms with Crippen molar-refractivity contribution in [2.75, 3.05) is 7.11 Å². The van der Waals surface area contributed by atoms with Crippen LogP contribution in [-0.2, 0) is 19.1 Å². The molecule has 0 fully saturated rings. The van der Waals surface area contributed by atoms with Gasteiger partial charge in [0.25, 0.3) is 0 Å². The molecule has 84 valence electrons. The van der Waals surface area contributed by atoms with Gasteiger partial charge in [-0.3, -0.25) is 4.79 Å². The minimum atomic E-state index is -0.748. The SMILES string of the molecule is COC(=O)C1=C[C@@H](OC(C)=O)[C@H](O)CC1. The number of rotatable bonds is 2. The van der Waals surface area contributed by atoms with E-state index in [1.807, 2.05) is 0 Å². The summed E-state index contributed by atoms with van der Waals surface area (Å²) in [6.45, 7) is 1.26. The fourth-order valence-electron chi connectivity index (χ4n) is 1.47. The second-order valence-electron chi connectivity index (χ2n) is 3.36. The van der Waals surface area contributed by atoms with Crippen LogP contribution >= 0.6 is 0 Å². The lowest BCUT2D eigenvalue weighted by Crippen LogP contribution is -2.33. The zero-order valence-electron chi connectivity index (χ0n) is 8.73. The molecule has 0 unspecified atom stereocenters. The standard InChI is InChI=1S/C10H14O5/c1-6(11)15-9-5-7(10(13)14-2)3-4-8(9)12/h5,8-9,12H,3-4H2,1-2H3/t8-,9-/m1/s1. The number of methoxy groups -OCH3 is 1. The van der Waals surface area contributed by atoms with Gasteiger partial charge in [0.2, 0.25) is 0 Å². The monoisotopic (exact) mass is 214 g/mol. The molecule has 1 aliphatic carbocycles. The highest BCUT2D eigenvalue weighted by Crippen LogP contribution is 2.21. The van der Waals surface area contributed by atoms with Crippen LogP contribution in [0, 0.1) is 0 Å². The van der Waals surface area contributed by atoms with Crippen molar-refractivity contribution in [3.8, 4) is 0 Å². The second kappa shape index (κ2) is 4.93. The molecule has 2 atom stereocenters. The zero-order valence-corrected chi connectivity index (χ0v) is 8.73. The molecule has 0 aliphatic heterocycles. The quantitative estimate of drug-likeness (QED) is 0.663. The zero-order chi connectivity index (χ0) is 11.4. The summed E-state index contributed by atoms with van der Waals surface area (Å²) < 4.78 is 9.40. The lowest BCUT2D eigenvalue weighted by Gasteiger charge is -2.24. The number of aliphatic hydroxyl groups is 1. The van der Waals surface area contributed by atoms with E-state index in [0.29, 0.717) is 18.4 Å². The summed E-state index contributed by atoms with van der Waals surface area (Å²) in [6, 6.07) is 0. The first kappa shape index (κ1) is 11.7. The van der Waals surface area contributed by atoms with Crippen LogP contribution in [0.1, 0.15) is 19.8 Å². The average molecular weight is 214 g/mol. The van der Waals surface area contributed by atoms with E-state index in [0.717, 1.165) is 0 Å². The number of esters is 2. The van der Waals surface area contributed by atoms with Crippen molar-refractivity contribution in [1.29, 1.82) is 0 Å². The van der Waals surface area contributed by atoms with Crippen molar-refractivity contribution in [3.05, 3.63) is 11.6 Å². The molecule has 1 aliphatic rings. The predicted molar refractivity (Wildman–Crippen MR) is 50.9 cm³/mol. The van der Waals surface area contributed by atoms with E-state index in [-0.39, 0.29) is 0 Å². The first-order chi connectivity index (χ1) is 7.04. The lowest BCUT2D eigenvalue weighted by molar-refractivity contribution is -0.150. The molecule has 0 radical (unpaired) electrons. The van der Waals surface area contributed by atoms with Gasteiger partial charge in [0.1, 0.15) is 6.10 Å². The molecular weight excluding hydrogens is 200 g/mol. The Morgan fingerprint density at radius 2 is 2.20 bits per heavy atom. The van der Waals surface area contributed by atoms with Crippen molar-refractivity contribution in [2.24, 2.45) is 0 Å². The van der Waals surface area contributed by atoms with E-state index in [4.69, 9.17) is 4.74 Å². The Bertz CT molecular complexity index is 294. The molecule has 0 aromatic carbocycles. The maximum absolute atomic E-state index is 11.2. The molecule has 1 N–H and O–H groups in total. The summed E-state index contributed by atoms with van der Waals surface area (Å²) in [5, 5.41) is 9.52. The van der Waals surface area contributed by atoms with Crippen LogP contribution < -0.4 is 0 Å². The Kier molecular flexibility index (Phi) is 3.85. The van der Waals surface area contributed by atoms with Crippen LogP contribution in [0.4, 0.5) is 0 Å². The molecule has 0 aromatic rings. The van der Waals surface area contributed by atoms with Crippen molar-refractivity contribution in [3.63, 3.8) is 0 Å². The summed E-state index contributed by atoms with van der Waals surface area (Å²) >= 11 is 0. The van der Waals surface area contributed by atoms with E-state index in [9.17, 15) is 14.7 Å². The van der Waals surface area contributed by atoms with Crippen molar-refractivity contribution in [1.82, 2.24) is 0 Å². The number of carbonyl (C=O) groups is 2. The van der Waals surface area contributed by atoms with Gasteiger partial charge in [0, 0.05) is 12.5 Å². The van der Waals surface area contributed by atoms with Gasteiger partial charge in [0.05, 0.1) is 13.2 Å². The van der Waals surface area contributed by atoms with Crippen LogP contribution in [0.2, 0.25) is 0 Å². The minimum Gasteiger partial charge on any atom is -0.466 e. The molecular formula is C10H14O5. The third kappa shape index (κ3) is 3.06. The van der Waals surface area contributed by atoms with Crippen LogP contribution in [0.3, 0.4) is 0 Å². The van der Waals surface area contributed by atoms with E-state index in [1.54, 1.807) is 0 Å². The molecule has 1 rings (SSSR count). The van der Waals surface area contributed by atoms with Gasteiger partial charge < -0.3 is 14.6 Å². The summed E-state index contributed by atoms with van der Waals surface area (Å²) in [7, 11) is 1.29. The van der Waals surface area contributed by atoms with Gasteiger partial charge in [-0.2, -0.15) is 0 Å². The normalized spacial score (nSPS) is 25.4. The van der Waals surface area contributed by atoms with Crippen molar-refractivity contribution >= 4 is 11.9 Å². The summed E-state index contributed by atoms with van der Waals surface area (Å²) in [5.74, 6) is -0.930. The highest BCUT2D eigenvalue weighted by molar-refractivity contribution is 5.88. The molecule has 0 saturated carbocycles. The van der Waals surface area contributed by atoms with Crippen molar-refractivity contribution in [2.45, 2.75) is 32.0 Å². The molecule has 0 bridgehead atoms. The topological polar surface area (TPSA) is 72.8 Å². The Hall–Kier alpha value is -1.36. The van der Waals surface area contributed by atoms with Gasteiger partial charge >= 0.3 is 11.9 Å². The molecule has 0 saturated heterocycles. The summed E-state index contributed by atoms with van der Waals surface area (Å²) in [5.41, 5.74) is 0.439. The maximum Gasteiger partial charge on any atom is 0.333 e. The van der Waals surface area contributed by atoms with Crippen LogP contribution in [0.25, 0.3) is 0 Å². The highest BCUT2D eigenvalue weighted by Gasteiger charge is 2.27. The van der Waals surface area contributed by atoms with Crippen molar-refractivity contribution < 1.29 is 24.2 Å². The highest BCUT2D eigenvalue weighted by atomic mass is 16.6. The van der Waals surface area contributed by atoms with Gasteiger partial charge in [-0.25, -0.2) is 4.79 Å². The smallest absolute Gasteiger partial charge is 0.333 e. The number of ether oxygens (including phenoxy) is 2. The van der Waals surface area contributed by atoms with E-state index in [1.165, 1.54) is 20.1 Å². The molecule has 0 amide bonds. The lowest BCUT2D eigenvalue weighted by atomic mass is 9.95. The average Bonchev–Trinajstić information content (AvgIpc) is 2.19. The van der Waals surface area contributed by atoms with Gasteiger partial charge in [-0.1, -0.05) is 0 Å². The van der Waals surface area contributed by atoms with Gasteiger partial charge in [0.15, 0.2) is 0 Å². The van der Waals surface area contributed by atoms with Crippen LogP contribution in [-0.4, -0.2) is 36.4 Å². The first-order valence-corrected chi connectivity index (χ1v) is 4.69. The Labute approximate surface area is 87.7 Å². The first-order valence-electron chi connectivity index (χ1n) is 4.69. The molecule has 0 aromatic heterocycles. The Balaban J connectivity index is 2.75. The van der Waals surface area contributed by atoms with E-state index in [2.05, 4.69) is 4.74 Å². The number of hydrogen-bond donors (Lipinski definition) is 1. The Morgan fingerprint density at radius 3 is 2.73 bits per heavy atom. The molecule has 0 spiro atoms. The van der Waals surface area contributed by atoms with Gasteiger partial charge in [-0.15, -0.1) is 0 Å². The fourth-order valence-corrected chi connectivity index (χ4v) is 1.47. The van der Waals surface area contributed by atoms with E-state index >= 15 is 0 Å². The van der Waals surface area contributed by atoms with Crippen LogP contribution in [0.15, 0.2) is 11.6 Å². The predicted octanol–water partition coefficient (Wildman–Crippen LogP) is 0.172. The molecule has 5 nitrogen and oxygen atoms in total. The number of carbonyl (C=O) groups excluding carboxylic acids is 2. The summed E-state index contributed by atoms with van der Waals surface area (Å²) in [6.07, 6.45) is 0.777. The van der Waals surface area contributed by atoms with Crippen LogP contribution in [0.5, 0.6) is 0 Å². The van der Waals surface area contributed by atoms with E-state index < -0.39 is 24.1 Å². The maximum atomic E-state index is 11.2. The third-order valence-corrected chi connectivity index (χ3v) is 2.20. The number of aliphatic hydroxyl groups excluding tert-OH is 1. The summed E-state index contributed by atoms with van der Waals surface area (Å²) in [4.78, 5) is 21.9. The fraction of sp³-hybridized carbons (Fsp3) is 0.600.